The van der Waals surface area contributed by atoms with Gasteiger partial charge in [0.2, 0.25) is 0 Å². The highest BCUT2D eigenvalue weighted by atomic mass is 16.2. The fraction of sp³-hybridized carbons (Fsp3) is 0. The predicted molar refractivity (Wildman–Crippen MR) is 83.4 cm³/mol. The van der Waals surface area contributed by atoms with Crippen molar-refractivity contribution >= 4 is 33.9 Å². The quantitative estimate of drug-likeness (QED) is 0.610. The number of carbonyl (C=O) groups excluding carboxylic acids is 1. The number of anilines is 1. The number of hydrogen-bond donors (Lipinski definition) is 0. The molecule has 0 aromatic heterocycles. The highest BCUT2D eigenvalue weighted by molar-refractivity contribution is 6.39. The molecule has 2 aliphatic heterocycles. The lowest BCUT2D eigenvalue weighted by atomic mass is 10.0. The van der Waals surface area contributed by atoms with Crippen LogP contribution in [0.15, 0.2) is 65.7 Å². The van der Waals surface area contributed by atoms with E-state index in [0.717, 1.165) is 39.1 Å². The average Bonchev–Trinajstić information content (AvgIpc) is 2.82. The molecule has 3 heteroatoms. The van der Waals surface area contributed by atoms with E-state index in [9.17, 15) is 4.79 Å². The molecule has 0 atom stereocenters. The van der Waals surface area contributed by atoms with Crippen LogP contribution in [0.5, 0.6) is 0 Å². The SMILES string of the molecule is O=C1c2ccccc2C2=Nc3cccc4cccc(c34)N12. The molecule has 2 aliphatic rings. The number of amidine groups is 1. The van der Waals surface area contributed by atoms with Crippen molar-refractivity contribution in [1.29, 1.82) is 0 Å². The summed E-state index contributed by atoms with van der Waals surface area (Å²) in [5.74, 6) is 0.744. The first-order valence-electron chi connectivity index (χ1n) is 6.89. The van der Waals surface area contributed by atoms with E-state index in [1.165, 1.54) is 0 Å². The second-order valence-corrected chi connectivity index (χ2v) is 5.27. The Morgan fingerprint density at radius 1 is 0.810 bits per heavy atom. The average molecular weight is 270 g/mol. The molecule has 3 nitrogen and oxygen atoms in total. The molecule has 3 aromatic carbocycles. The Kier molecular flexibility index (Phi) is 1.84. The summed E-state index contributed by atoms with van der Waals surface area (Å²) in [6.07, 6.45) is 0. The first-order valence-corrected chi connectivity index (χ1v) is 6.89. The van der Waals surface area contributed by atoms with Crippen molar-refractivity contribution in [3.8, 4) is 0 Å². The number of hydrogen-bond acceptors (Lipinski definition) is 2. The van der Waals surface area contributed by atoms with Crippen molar-refractivity contribution in [2.24, 2.45) is 4.99 Å². The highest BCUT2D eigenvalue weighted by Gasteiger charge is 2.37. The fourth-order valence-electron chi connectivity index (χ4n) is 3.23. The van der Waals surface area contributed by atoms with Crippen LogP contribution in [0.3, 0.4) is 0 Å². The van der Waals surface area contributed by atoms with Gasteiger partial charge in [-0.3, -0.25) is 9.69 Å². The Bertz CT molecular complexity index is 967. The second kappa shape index (κ2) is 3.58. The van der Waals surface area contributed by atoms with Crippen LogP contribution in [0.25, 0.3) is 10.8 Å². The summed E-state index contributed by atoms with van der Waals surface area (Å²) >= 11 is 0. The van der Waals surface area contributed by atoms with Crippen LogP contribution < -0.4 is 4.90 Å². The molecule has 3 aromatic rings. The molecule has 0 saturated heterocycles. The van der Waals surface area contributed by atoms with Crippen molar-refractivity contribution < 1.29 is 4.79 Å². The lowest BCUT2D eigenvalue weighted by Crippen LogP contribution is -2.31. The molecule has 21 heavy (non-hydrogen) atoms. The van der Waals surface area contributed by atoms with Crippen molar-refractivity contribution in [2.45, 2.75) is 0 Å². The normalized spacial score (nSPS) is 15.0. The Labute approximate surface area is 121 Å². The topological polar surface area (TPSA) is 32.7 Å². The number of aliphatic imine (C=N–C) groups is 1. The van der Waals surface area contributed by atoms with E-state index in [1.54, 1.807) is 4.90 Å². The van der Waals surface area contributed by atoms with Gasteiger partial charge in [0.1, 0.15) is 5.84 Å². The van der Waals surface area contributed by atoms with Gasteiger partial charge in [0.05, 0.1) is 16.9 Å². The van der Waals surface area contributed by atoms with E-state index >= 15 is 0 Å². The molecule has 98 valence electrons. The number of fused-ring (bicyclic) bond motifs is 4. The lowest BCUT2D eigenvalue weighted by Gasteiger charge is -2.24. The summed E-state index contributed by atoms with van der Waals surface area (Å²) in [7, 11) is 0. The van der Waals surface area contributed by atoms with E-state index in [2.05, 4.69) is 12.1 Å². The third-order valence-electron chi connectivity index (χ3n) is 4.14. The Balaban J connectivity index is 1.93. The summed E-state index contributed by atoms with van der Waals surface area (Å²) in [5, 5.41) is 2.15. The van der Waals surface area contributed by atoms with Crippen LogP contribution in [-0.4, -0.2) is 11.7 Å². The van der Waals surface area contributed by atoms with Crippen LogP contribution in [0.4, 0.5) is 11.4 Å². The van der Waals surface area contributed by atoms with E-state index in [0.29, 0.717) is 0 Å². The molecule has 0 saturated carbocycles. The van der Waals surface area contributed by atoms with Gasteiger partial charge in [-0.05, 0) is 23.6 Å². The summed E-state index contributed by atoms with van der Waals surface area (Å²) in [5.41, 5.74) is 3.49. The highest BCUT2D eigenvalue weighted by Crippen LogP contribution is 2.42. The zero-order chi connectivity index (χ0) is 14.0. The molecule has 0 N–H and O–H groups in total. The zero-order valence-electron chi connectivity index (χ0n) is 11.1. The zero-order valence-corrected chi connectivity index (χ0v) is 11.1. The molecule has 0 aliphatic carbocycles. The third kappa shape index (κ3) is 1.23. The number of amides is 1. The van der Waals surface area contributed by atoms with Crippen LogP contribution in [0, 0.1) is 0 Å². The monoisotopic (exact) mass is 270 g/mol. The maximum atomic E-state index is 12.7. The largest absolute Gasteiger partial charge is 0.268 e. The number of nitrogens with zero attached hydrogens (tertiary/aromatic N) is 2. The van der Waals surface area contributed by atoms with Gasteiger partial charge in [-0.1, -0.05) is 42.5 Å². The van der Waals surface area contributed by atoms with Gasteiger partial charge in [-0.25, -0.2) is 4.99 Å². The van der Waals surface area contributed by atoms with Gasteiger partial charge >= 0.3 is 0 Å². The van der Waals surface area contributed by atoms with Crippen LogP contribution in [0.2, 0.25) is 0 Å². The van der Waals surface area contributed by atoms with Gasteiger partial charge in [0.15, 0.2) is 0 Å². The number of rotatable bonds is 0. The maximum absolute atomic E-state index is 12.7. The van der Waals surface area contributed by atoms with Gasteiger partial charge in [-0.15, -0.1) is 0 Å². The van der Waals surface area contributed by atoms with E-state index in [4.69, 9.17) is 4.99 Å². The van der Waals surface area contributed by atoms with Crippen LogP contribution in [0.1, 0.15) is 15.9 Å². The standard InChI is InChI=1S/C18H10N2O/c21-18-13-8-2-1-7-12(13)17-19-14-9-3-5-11-6-4-10-15(16(11)14)20(17)18/h1-10H. The number of carbonyl (C=O) groups is 1. The Morgan fingerprint density at radius 3 is 2.43 bits per heavy atom. The van der Waals surface area contributed by atoms with E-state index in [-0.39, 0.29) is 5.91 Å². The van der Waals surface area contributed by atoms with E-state index < -0.39 is 0 Å². The molecule has 0 radical (unpaired) electrons. The van der Waals surface area contributed by atoms with Gasteiger partial charge in [0, 0.05) is 10.9 Å². The van der Waals surface area contributed by atoms with Gasteiger partial charge < -0.3 is 0 Å². The van der Waals surface area contributed by atoms with Crippen molar-refractivity contribution in [3.05, 3.63) is 71.8 Å². The molecule has 1 amide bonds. The smallest absolute Gasteiger partial charge is 0.264 e. The van der Waals surface area contributed by atoms with Gasteiger partial charge in [-0.2, -0.15) is 0 Å². The summed E-state index contributed by atoms with van der Waals surface area (Å²) in [4.78, 5) is 19.2. The Hall–Kier alpha value is -2.94. The van der Waals surface area contributed by atoms with Gasteiger partial charge in [0.25, 0.3) is 5.91 Å². The molecule has 5 rings (SSSR count). The van der Waals surface area contributed by atoms with E-state index in [1.807, 2.05) is 48.5 Å². The van der Waals surface area contributed by atoms with Crippen molar-refractivity contribution in [2.75, 3.05) is 4.90 Å². The predicted octanol–water partition coefficient (Wildman–Crippen LogP) is 3.89. The van der Waals surface area contributed by atoms with Crippen LogP contribution >= 0.6 is 0 Å². The third-order valence-corrected chi connectivity index (χ3v) is 4.14. The first kappa shape index (κ1) is 10.8. The molecule has 0 fully saturated rings. The Morgan fingerprint density at radius 2 is 1.57 bits per heavy atom. The maximum Gasteiger partial charge on any atom is 0.264 e. The minimum atomic E-state index is 0.00588. The molecular formula is C18H10N2O. The van der Waals surface area contributed by atoms with Crippen LogP contribution in [-0.2, 0) is 0 Å². The lowest BCUT2D eigenvalue weighted by molar-refractivity contribution is 0.101. The first-order chi connectivity index (χ1) is 10.3. The molecule has 0 bridgehead atoms. The minimum Gasteiger partial charge on any atom is -0.268 e. The molecular weight excluding hydrogens is 260 g/mol. The number of benzene rings is 3. The fourth-order valence-corrected chi connectivity index (χ4v) is 3.23. The summed E-state index contributed by atoms with van der Waals surface area (Å²) in [6, 6.07) is 19.7. The van der Waals surface area contributed by atoms with Crippen molar-refractivity contribution in [1.82, 2.24) is 0 Å². The minimum absolute atomic E-state index is 0.00588. The second-order valence-electron chi connectivity index (χ2n) is 5.27. The molecule has 2 heterocycles. The molecule has 0 spiro atoms. The summed E-state index contributed by atoms with van der Waals surface area (Å²) in [6.45, 7) is 0. The van der Waals surface area contributed by atoms with Crippen molar-refractivity contribution in [3.63, 3.8) is 0 Å². The molecule has 0 unspecified atom stereocenters. The summed E-state index contributed by atoms with van der Waals surface area (Å²) < 4.78 is 0.